The van der Waals surface area contributed by atoms with E-state index in [0.29, 0.717) is 26.3 Å². The van der Waals surface area contributed by atoms with Crippen LogP contribution < -0.4 is 0 Å². The maximum absolute atomic E-state index is 13.8. The van der Waals surface area contributed by atoms with E-state index in [-0.39, 0.29) is 11.5 Å². The molecule has 0 aromatic heterocycles. The van der Waals surface area contributed by atoms with Crippen molar-refractivity contribution in [2.75, 3.05) is 26.3 Å². The molecule has 1 aromatic carbocycles. The molecule has 3 rings (SSSR count). The number of hydrogen-bond donors (Lipinski definition) is 0. The van der Waals surface area contributed by atoms with Crippen molar-refractivity contribution in [1.82, 2.24) is 4.90 Å². The van der Waals surface area contributed by atoms with Crippen LogP contribution in [0.25, 0.3) is 0 Å². The lowest BCUT2D eigenvalue weighted by Gasteiger charge is -2.38. The van der Waals surface area contributed by atoms with Gasteiger partial charge >= 0.3 is 0 Å². The van der Waals surface area contributed by atoms with Crippen LogP contribution in [0.3, 0.4) is 0 Å². The first kappa shape index (κ1) is 13.5. The first-order valence-corrected chi connectivity index (χ1v) is 6.93. The smallest absolute Gasteiger partial charge is 0.257 e. The number of hydrogen-bond acceptors (Lipinski definition) is 3. The molecule has 0 radical (unpaired) electrons. The molecule has 2 heterocycles. The van der Waals surface area contributed by atoms with Crippen LogP contribution in [0.5, 0.6) is 0 Å². The highest BCUT2D eigenvalue weighted by atomic mass is 19.1. The van der Waals surface area contributed by atoms with Crippen molar-refractivity contribution >= 4 is 5.91 Å². The number of ether oxygens (including phenoxy) is 2. The Morgan fingerprint density at radius 2 is 2.10 bits per heavy atom. The molecule has 0 atom stereocenters. The Bertz CT molecular complexity index is 526. The molecule has 2 aliphatic rings. The second kappa shape index (κ2) is 5.14. The van der Waals surface area contributed by atoms with Gasteiger partial charge in [0.1, 0.15) is 5.82 Å². The van der Waals surface area contributed by atoms with Crippen molar-refractivity contribution < 1.29 is 18.7 Å². The summed E-state index contributed by atoms with van der Waals surface area (Å²) in [6.07, 6.45) is 1.59. The fourth-order valence-corrected chi connectivity index (χ4v) is 2.87. The van der Waals surface area contributed by atoms with Crippen molar-refractivity contribution in [2.24, 2.45) is 0 Å². The van der Waals surface area contributed by atoms with Gasteiger partial charge in [0.15, 0.2) is 5.79 Å². The summed E-state index contributed by atoms with van der Waals surface area (Å²) in [6, 6.07) is 4.59. The highest BCUT2D eigenvalue weighted by Gasteiger charge is 2.42. The van der Waals surface area contributed by atoms with E-state index in [1.807, 2.05) is 6.92 Å². The number of piperidine rings is 1. The zero-order chi connectivity index (χ0) is 14.2. The van der Waals surface area contributed by atoms with Crippen LogP contribution in [0.15, 0.2) is 18.2 Å². The van der Waals surface area contributed by atoms with Gasteiger partial charge in [0, 0.05) is 13.0 Å². The Morgan fingerprint density at radius 1 is 1.35 bits per heavy atom. The van der Waals surface area contributed by atoms with Crippen molar-refractivity contribution in [3.8, 4) is 0 Å². The van der Waals surface area contributed by atoms with Gasteiger partial charge in [0.25, 0.3) is 5.91 Å². The van der Waals surface area contributed by atoms with Crippen LogP contribution in [0.2, 0.25) is 0 Å². The molecule has 0 aliphatic carbocycles. The van der Waals surface area contributed by atoms with Gasteiger partial charge in [0.05, 0.1) is 25.3 Å². The number of aryl methyl sites for hydroxylation is 1. The molecule has 0 bridgehead atoms. The normalized spacial score (nSPS) is 21.4. The van der Waals surface area contributed by atoms with Gasteiger partial charge in [-0.15, -0.1) is 0 Å². The van der Waals surface area contributed by atoms with E-state index in [1.54, 1.807) is 17.0 Å². The zero-order valence-corrected chi connectivity index (χ0v) is 11.5. The molecule has 20 heavy (non-hydrogen) atoms. The lowest BCUT2D eigenvalue weighted by molar-refractivity contribution is -0.183. The third-order valence-electron chi connectivity index (χ3n) is 3.87. The van der Waals surface area contributed by atoms with Gasteiger partial charge in [-0.3, -0.25) is 4.79 Å². The SMILES string of the molecule is Cc1ccc(F)c(C(=O)N2CCCC3(C2)OCCO3)c1. The van der Waals surface area contributed by atoms with Gasteiger partial charge in [-0.2, -0.15) is 0 Å². The predicted octanol–water partition coefficient (Wildman–Crippen LogP) is 2.11. The molecule has 4 nitrogen and oxygen atoms in total. The van der Waals surface area contributed by atoms with Crippen LogP contribution in [0.4, 0.5) is 4.39 Å². The second-order valence-corrected chi connectivity index (χ2v) is 5.42. The van der Waals surface area contributed by atoms with Crippen LogP contribution in [0, 0.1) is 12.7 Å². The van der Waals surface area contributed by atoms with E-state index in [0.717, 1.165) is 18.4 Å². The Morgan fingerprint density at radius 3 is 2.85 bits per heavy atom. The minimum atomic E-state index is -0.672. The maximum Gasteiger partial charge on any atom is 0.257 e. The molecule has 0 unspecified atom stereocenters. The molecule has 0 N–H and O–H groups in total. The summed E-state index contributed by atoms with van der Waals surface area (Å²) >= 11 is 0. The lowest BCUT2D eigenvalue weighted by atomic mass is 10.0. The summed E-state index contributed by atoms with van der Waals surface area (Å²) < 4.78 is 25.1. The summed E-state index contributed by atoms with van der Waals surface area (Å²) in [7, 11) is 0. The average Bonchev–Trinajstić information content (AvgIpc) is 2.88. The monoisotopic (exact) mass is 279 g/mol. The largest absolute Gasteiger partial charge is 0.346 e. The van der Waals surface area contributed by atoms with Crippen molar-refractivity contribution in [3.05, 3.63) is 35.1 Å². The molecule has 2 fully saturated rings. The minimum absolute atomic E-state index is 0.125. The molecule has 1 spiro atoms. The molecule has 0 saturated carbocycles. The van der Waals surface area contributed by atoms with Crippen molar-refractivity contribution in [2.45, 2.75) is 25.6 Å². The predicted molar refractivity (Wildman–Crippen MR) is 70.9 cm³/mol. The molecule has 108 valence electrons. The number of benzene rings is 1. The van der Waals surface area contributed by atoms with Crippen LogP contribution in [-0.2, 0) is 9.47 Å². The lowest BCUT2D eigenvalue weighted by Crippen LogP contribution is -2.51. The van der Waals surface area contributed by atoms with Gasteiger partial charge in [-0.25, -0.2) is 4.39 Å². The quantitative estimate of drug-likeness (QED) is 0.790. The molecule has 5 heteroatoms. The standard InChI is InChI=1S/C15H18FNO3/c1-11-3-4-13(16)12(9-11)14(18)17-6-2-5-15(10-17)19-7-8-20-15/h3-4,9H,2,5-8,10H2,1H3. The summed E-state index contributed by atoms with van der Waals surface area (Å²) in [6.45, 7) is 3.94. The fourth-order valence-electron chi connectivity index (χ4n) is 2.87. The second-order valence-electron chi connectivity index (χ2n) is 5.42. The minimum Gasteiger partial charge on any atom is -0.346 e. The summed E-state index contributed by atoms with van der Waals surface area (Å²) in [5.41, 5.74) is 0.995. The molecule has 1 amide bonds. The van der Waals surface area contributed by atoms with E-state index >= 15 is 0 Å². The van der Waals surface area contributed by atoms with Crippen LogP contribution in [0.1, 0.15) is 28.8 Å². The Balaban J connectivity index is 1.81. The first-order chi connectivity index (χ1) is 9.60. The third kappa shape index (κ3) is 2.43. The van der Waals surface area contributed by atoms with E-state index in [4.69, 9.17) is 9.47 Å². The highest BCUT2D eigenvalue weighted by Crippen LogP contribution is 2.31. The molecular formula is C15H18FNO3. The number of rotatable bonds is 1. The maximum atomic E-state index is 13.8. The third-order valence-corrected chi connectivity index (χ3v) is 3.87. The average molecular weight is 279 g/mol. The summed E-state index contributed by atoms with van der Waals surface area (Å²) in [5.74, 6) is -1.44. The Labute approximate surface area is 117 Å². The van der Waals surface area contributed by atoms with Crippen molar-refractivity contribution in [1.29, 1.82) is 0 Å². The number of carbonyl (C=O) groups excluding carboxylic acids is 1. The van der Waals surface area contributed by atoms with E-state index < -0.39 is 11.6 Å². The Hall–Kier alpha value is -1.46. The summed E-state index contributed by atoms with van der Waals surface area (Å²) in [5, 5.41) is 0. The van der Waals surface area contributed by atoms with Gasteiger partial charge in [-0.1, -0.05) is 11.6 Å². The Kier molecular flexibility index (Phi) is 3.48. The molecule has 2 aliphatic heterocycles. The van der Waals surface area contributed by atoms with E-state index in [1.165, 1.54) is 6.07 Å². The molecular weight excluding hydrogens is 261 g/mol. The zero-order valence-electron chi connectivity index (χ0n) is 11.5. The van der Waals surface area contributed by atoms with E-state index in [9.17, 15) is 9.18 Å². The molecule has 1 aromatic rings. The van der Waals surface area contributed by atoms with Crippen LogP contribution >= 0.6 is 0 Å². The summed E-state index contributed by atoms with van der Waals surface area (Å²) in [4.78, 5) is 14.1. The fraction of sp³-hybridized carbons (Fsp3) is 0.533. The van der Waals surface area contributed by atoms with Gasteiger partial charge < -0.3 is 14.4 Å². The van der Waals surface area contributed by atoms with Crippen LogP contribution in [-0.4, -0.2) is 42.9 Å². The number of carbonyl (C=O) groups is 1. The first-order valence-electron chi connectivity index (χ1n) is 6.93. The van der Waals surface area contributed by atoms with Gasteiger partial charge in [0.2, 0.25) is 0 Å². The number of amides is 1. The van der Waals surface area contributed by atoms with Gasteiger partial charge in [-0.05, 0) is 25.5 Å². The number of halogens is 1. The number of nitrogens with zero attached hydrogens (tertiary/aromatic N) is 1. The number of likely N-dealkylation sites (tertiary alicyclic amines) is 1. The molecule has 2 saturated heterocycles. The highest BCUT2D eigenvalue weighted by molar-refractivity contribution is 5.94. The topological polar surface area (TPSA) is 38.8 Å². The van der Waals surface area contributed by atoms with Crippen molar-refractivity contribution in [3.63, 3.8) is 0 Å². The van der Waals surface area contributed by atoms with E-state index in [2.05, 4.69) is 0 Å².